The highest BCUT2D eigenvalue weighted by molar-refractivity contribution is 5.92. The standard InChI is InChI=1S/C30H35N7O2.C2H4O2/c1-34(19-22-9-11-23(12-10-22)30(31)38)27-7-4-8-28(33-27)36-16-14-35(15-17-36)21-29-32-25-5-2-3-6-26(25)37(29)20-24-13-18-39-24;1-2(3)4/h2-12,24H,13-21H2,1H3,(H2,31,38);1H3,(H,3,4). The number of carbonyl (C=O) groups is 2. The molecule has 2 saturated heterocycles. The van der Waals surface area contributed by atoms with Crippen LogP contribution in [0.2, 0.25) is 0 Å². The summed E-state index contributed by atoms with van der Waals surface area (Å²) in [5, 5.41) is 7.42. The lowest BCUT2D eigenvalue weighted by atomic mass is 10.1. The number of benzene rings is 2. The Labute approximate surface area is 251 Å². The average molecular weight is 586 g/mol. The number of anilines is 2. The summed E-state index contributed by atoms with van der Waals surface area (Å²) in [7, 11) is 2.03. The summed E-state index contributed by atoms with van der Waals surface area (Å²) in [5.74, 6) is 1.79. The number of carboxylic acids is 1. The number of ether oxygens (including phenoxy) is 1. The number of pyridine rings is 1. The molecule has 11 heteroatoms. The van der Waals surface area contributed by atoms with E-state index in [9.17, 15) is 4.79 Å². The average Bonchev–Trinajstić information content (AvgIpc) is 3.32. The van der Waals surface area contributed by atoms with Crippen LogP contribution in [-0.4, -0.2) is 82.4 Å². The maximum atomic E-state index is 11.3. The Morgan fingerprint density at radius 1 is 1.00 bits per heavy atom. The molecule has 4 aromatic rings. The van der Waals surface area contributed by atoms with Crippen LogP contribution in [0.1, 0.15) is 35.1 Å². The van der Waals surface area contributed by atoms with Crippen molar-refractivity contribution in [3.63, 3.8) is 0 Å². The zero-order valence-electron chi connectivity index (χ0n) is 24.7. The van der Waals surface area contributed by atoms with Gasteiger partial charge in [0.25, 0.3) is 5.97 Å². The zero-order valence-corrected chi connectivity index (χ0v) is 24.7. The van der Waals surface area contributed by atoms with Gasteiger partial charge in [0.05, 0.1) is 30.2 Å². The zero-order chi connectivity index (χ0) is 30.3. The molecule has 0 radical (unpaired) electrons. The van der Waals surface area contributed by atoms with Crippen molar-refractivity contribution in [2.24, 2.45) is 5.73 Å². The molecule has 226 valence electrons. The SMILES string of the molecule is CC(=O)O.CN(Cc1ccc(C(N)=O)cc1)c1cccc(N2CCN(Cc3nc4ccccc4n3CC3CCO3)CC2)n1. The molecule has 0 aliphatic carbocycles. The molecule has 0 bridgehead atoms. The van der Waals surface area contributed by atoms with Gasteiger partial charge >= 0.3 is 0 Å². The predicted molar refractivity (Wildman–Crippen MR) is 166 cm³/mol. The molecule has 0 saturated carbocycles. The molecule has 2 aromatic heterocycles. The second-order valence-electron chi connectivity index (χ2n) is 11.0. The van der Waals surface area contributed by atoms with Crippen molar-refractivity contribution in [2.45, 2.75) is 39.1 Å². The van der Waals surface area contributed by atoms with Crippen molar-refractivity contribution in [1.82, 2.24) is 19.4 Å². The molecule has 6 rings (SSSR count). The quantitative estimate of drug-likeness (QED) is 0.304. The number of nitrogens with zero attached hydrogens (tertiary/aromatic N) is 6. The summed E-state index contributed by atoms with van der Waals surface area (Å²) < 4.78 is 8.09. The van der Waals surface area contributed by atoms with Gasteiger partial charge in [-0.15, -0.1) is 0 Å². The molecule has 2 aliphatic rings. The summed E-state index contributed by atoms with van der Waals surface area (Å²) in [6, 6.07) is 22.0. The number of amides is 1. The van der Waals surface area contributed by atoms with Crippen LogP contribution in [0.3, 0.4) is 0 Å². The van der Waals surface area contributed by atoms with Gasteiger partial charge in [0, 0.05) is 58.9 Å². The van der Waals surface area contributed by atoms with E-state index in [4.69, 9.17) is 30.3 Å². The fourth-order valence-corrected chi connectivity index (χ4v) is 5.35. The van der Waals surface area contributed by atoms with Crippen LogP contribution in [0.5, 0.6) is 0 Å². The van der Waals surface area contributed by atoms with Crippen molar-refractivity contribution in [3.8, 4) is 0 Å². The van der Waals surface area contributed by atoms with Crippen LogP contribution in [0.4, 0.5) is 11.6 Å². The Morgan fingerprint density at radius 3 is 2.35 bits per heavy atom. The van der Waals surface area contributed by atoms with Gasteiger partial charge in [0.2, 0.25) is 5.91 Å². The minimum atomic E-state index is -0.833. The Kier molecular flexibility index (Phi) is 9.53. The Bertz CT molecular complexity index is 1540. The van der Waals surface area contributed by atoms with Gasteiger partial charge in [-0.3, -0.25) is 14.5 Å². The Balaban J connectivity index is 0.000000868. The van der Waals surface area contributed by atoms with Crippen molar-refractivity contribution in [3.05, 3.63) is 83.7 Å². The van der Waals surface area contributed by atoms with E-state index >= 15 is 0 Å². The first-order valence-corrected chi connectivity index (χ1v) is 14.6. The first kappa shape index (κ1) is 30.0. The molecule has 2 aliphatic heterocycles. The second-order valence-corrected chi connectivity index (χ2v) is 11.0. The number of aromatic nitrogens is 3. The Morgan fingerprint density at radius 2 is 1.70 bits per heavy atom. The number of carboxylic acid groups (broad SMARTS) is 1. The Hall–Kier alpha value is -4.48. The van der Waals surface area contributed by atoms with Gasteiger partial charge in [-0.05, 0) is 48.4 Å². The molecule has 3 N–H and O–H groups in total. The lowest BCUT2D eigenvalue weighted by molar-refractivity contribution is -0.134. The molecule has 1 atom stereocenters. The molecule has 4 heterocycles. The van der Waals surface area contributed by atoms with Crippen LogP contribution in [0.15, 0.2) is 66.7 Å². The summed E-state index contributed by atoms with van der Waals surface area (Å²) in [5.41, 5.74) is 9.22. The van der Waals surface area contributed by atoms with Crippen molar-refractivity contribution < 1.29 is 19.4 Å². The smallest absolute Gasteiger partial charge is 0.300 e. The van der Waals surface area contributed by atoms with Gasteiger partial charge in [-0.1, -0.05) is 30.3 Å². The summed E-state index contributed by atoms with van der Waals surface area (Å²) in [6.07, 6.45) is 1.41. The highest BCUT2D eigenvalue weighted by Crippen LogP contribution is 2.24. The lowest BCUT2D eigenvalue weighted by Crippen LogP contribution is -2.46. The highest BCUT2D eigenvalue weighted by atomic mass is 16.5. The van der Waals surface area contributed by atoms with Gasteiger partial charge in [-0.2, -0.15) is 0 Å². The maximum Gasteiger partial charge on any atom is 0.300 e. The van der Waals surface area contributed by atoms with Gasteiger partial charge in [0.1, 0.15) is 17.5 Å². The number of carbonyl (C=O) groups excluding carboxylic acids is 1. The van der Waals surface area contributed by atoms with Crippen LogP contribution < -0.4 is 15.5 Å². The third-order valence-electron chi connectivity index (χ3n) is 7.74. The van der Waals surface area contributed by atoms with E-state index in [1.807, 2.05) is 25.2 Å². The minimum Gasteiger partial charge on any atom is -0.481 e. The molecule has 0 spiro atoms. The van der Waals surface area contributed by atoms with Gasteiger partial charge in [-0.25, -0.2) is 9.97 Å². The molecular formula is C32H39N7O4. The van der Waals surface area contributed by atoms with E-state index in [1.165, 1.54) is 5.52 Å². The van der Waals surface area contributed by atoms with Crippen LogP contribution in [0.25, 0.3) is 11.0 Å². The fraction of sp³-hybridized carbons (Fsp3) is 0.375. The third-order valence-corrected chi connectivity index (χ3v) is 7.74. The monoisotopic (exact) mass is 585 g/mol. The van der Waals surface area contributed by atoms with Crippen LogP contribution in [-0.2, 0) is 29.2 Å². The first-order valence-electron chi connectivity index (χ1n) is 14.6. The number of para-hydroxylation sites is 2. The number of fused-ring (bicyclic) bond motifs is 1. The second kappa shape index (κ2) is 13.7. The number of primary amides is 1. The highest BCUT2D eigenvalue weighted by Gasteiger charge is 2.24. The number of imidazole rings is 1. The largest absolute Gasteiger partial charge is 0.481 e. The molecule has 2 aromatic carbocycles. The number of piperazine rings is 1. The number of rotatable bonds is 9. The number of hydrogen-bond donors (Lipinski definition) is 2. The normalized spacial score (nSPS) is 16.7. The number of nitrogens with two attached hydrogens (primary N) is 1. The topological polar surface area (TPSA) is 130 Å². The van der Waals surface area contributed by atoms with E-state index < -0.39 is 11.9 Å². The summed E-state index contributed by atoms with van der Waals surface area (Å²) in [4.78, 5) is 37.3. The molecule has 11 nitrogen and oxygen atoms in total. The molecule has 43 heavy (non-hydrogen) atoms. The summed E-state index contributed by atoms with van der Waals surface area (Å²) in [6.45, 7) is 8.09. The number of hydrogen-bond acceptors (Lipinski definition) is 8. The molecule has 1 amide bonds. The van der Waals surface area contributed by atoms with Crippen LogP contribution in [0, 0.1) is 0 Å². The van der Waals surface area contributed by atoms with E-state index in [2.05, 4.69) is 55.7 Å². The summed E-state index contributed by atoms with van der Waals surface area (Å²) >= 11 is 0. The fourth-order valence-electron chi connectivity index (χ4n) is 5.35. The minimum absolute atomic E-state index is 0.296. The van der Waals surface area contributed by atoms with E-state index in [0.717, 1.165) is 87.8 Å². The van der Waals surface area contributed by atoms with Gasteiger partial charge in [0.15, 0.2) is 0 Å². The molecule has 2 fully saturated rings. The van der Waals surface area contributed by atoms with Gasteiger partial charge < -0.3 is 29.9 Å². The molecule has 1 unspecified atom stereocenters. The molecular weight excluding hydrogens is 546 g/mol. The van der Waals surface area contributed by atoms with Crippen molar-refractivity contribution in [1.29, 1.82) is 0 Å². The van der Waals surface area contributed by atoms with E-state index in [1.54, 1.807) is 12.1 Å². The van der Waals surface area contributed by atoms with Crippen molar-refractivity contribution in [2.75, 3.05) is 49.6 Å². The van der Waals surface area contributed by atoms with Crippen molar-refractivity contribution >= 4 is 34.5 Å². The lowest BCUT2D eigenvalue weighted by Gasteiger charge is -2.36. The van der Waals surface area contributed by atoms with E-state index in [0.29, 0.717) is 18.2 Å². The predicted octanol–water partition coefficient (Wildman–Crippen LogP) is 3.37. The maximum absolute atomic E-state index is 11.3. The first-order chi connectivity index (χ1) is 20.8. The van der Waals surface area contributed by atoms with Crippen LogP contribution >= 0.6 is 0 Å². The third kappa shape index (κ3) is 7.68. The number of aliphatic carboxylic acids is 1. The van der Waals surface area contributed by atoms with E-state index in [-0.39, 0.29) is 0 Å².